The van der Waals surface area contributed by atoms with Crippen molar-refractivity contribution >= 4 is 7.82 Å². The molecule has 35 heavy (non-hydrogen) atoms. The zero-order valence-electron chi connectivity index (χ0n) is 22.4. The van der Waals surface area contributed by atoms with Crippen LogP contribution in [0.1, 0.15) is 59.3 Å². The van der Waals surface area contributed by atoms with Gasteiger partial charge >= 0.3 is 7.82 Å². The van der Waals surface area contributed by atoms with Crippen molar-refractivity contribution in [3.63, 3.8) is 0 Å². The Morgan fingerprint density at radius 3 is 0.857 bits per heavy atom. The molecule has 0 aromatic rings. The fraction of sp³-hybridized carbons (Fsp3) is 1.00. The van der Waals surface area contributed by atoms with E-state index in [1.807, 2.05) is 0 Å². The Morgan fingerprint density at radius 1 is 0.371 bits per heavy atom. The molecular weight excluding hydrogens is 479 g/mol. The van der Waals surface area contributed by atoms with Crippen molar-refractivity contribution in [3.05, 3.63) is 0 Å². The first kappa shape index (κ1) is 34.9. The molecule has 11 heteroatoms. The topological polar surface area (TPSA) is 100 Å². The minimum atomic E-state index is -3.76. The average molecular weight is 531 g/mol. The Labute approximate surface area is 213 Å². The van der Waals surface area contributed by atoms with Gasteiger partial charge in [-0.3, -0.25) is 13.6 Å². The molecule has 0 atom stereocenters. The third kappa shape index (κ3) is 26.7. The van der Waals surface area contributed by atoms with E-state index < -0.39 is 7.82 Å². The summed E-state index contributed by atoms with van der Waals surface area (Å²) in [6.07, 6.45) is 6.39. The summed E-state index contributed by atoms with van der Waals surface area (Å²) in [6, 6.07) is 0. The average Bonchev–Trinajstić information content (AvgIpc) is 2.86. The number of rotatable bonds is 30. The molecule has 0 saturated carbocycles. The maximum absolute atomic E-state index is 12.9. The lowest BCUT2D eigenvalue weighted by Gasteiger charge is -2.18. The third-order valence-electron chi connectivity index (χ3n) is 4.47. The van der Waals surface area contributed by atoms with E-state index in [1.54, 1.807) is 0 Å². The molecule has 0 saturated heterocycles. The Hall–Kier alpha value is -0.130. The molecule has 0 aliphatic carbocycles. The first-order valence-electron chi connectivity index (χ1n) is 13.2. The highest BCUT2D eigenvalue weighted by Crippen LogP contribution is 2.49. The lowest BCUT2D eigenvalue weighted by Crippen LogP contribution is -2.14. The third-order valence-corrected chi connectivity index (χ3v) is 5.97. The number of hydrogen-bond donors (Lipinski definition) is 0. The zero-order valence-corrected chi connectivity index (χ0v) is 23.3. The number of hydrogen-bond acceptors (Lipinski definition) is 10. The standard InChI is InChI=1S/C24H51O10P/c1-4-7-10-26-13-16-29-19-22-32-35(25,33-23-20-30-17-14-27-11-8-5-2)34-24-21-31-18-15-28-12-9-6-3/h4-24H2,1-3H3. The van der Waals surface area contributed by atoms with Crippen LogP contribution in [-0.2, 0) is 46.6 Å². The van der Waals surface area contributed by atoms with Gasteiger partial charge in [0, 0.05) is 19.8 Å². The first-order chi connectivity index (χ1) is 17.2. The van der Waals surface area contributed by atoms with Crippen LogP contribution < -0.4 is 0 Å². The molecule has 0 spiro atoms. The fourth-order valence-electron chi connectivity index (χ4n) is 2.44. The maximum atomic E-state index is 12.9. The van der Waals surface area contributed by atoms with Gasteiger partial charge < -0.3 is 28.4 Å². The van der Waals surface area contributed by atoms with Crippen molar-refractivity contribution in [2.75, 3.05) is 99.1 Å². The molecule has 0 N–H and O–H groups in total. The molecule has 0 amide bonds. The summed E-state index contributed by atoms with van der Waals surface area (Å²) in [7, 11) is -3.76. The maximum Gasteiger partial charge on any atom is 0.475 e. The van der Waals surface area contributed by atoms with E-state index in [0.717, 1.165) is 58.3 Å². The Balaban J connectivity index is 4.06. The minimum absolute atomic E-state index is 0.0739. The summed E-state index contributed by atoms with van der Waals surface area (Å²) in [6.45, 7) is 12.4. The Morgan fingerprint density at radius 2 is 0.600 bits per heavy atom. The van der Waals surface area contributed by atoms with Crippen LogP contribution in [0.5, 0.6) is 0 Å². The van der Waals surface area contributed by atoms with Gasteiger partial charge in [-0.05, 0) is 19.3 Å². The number of unbranched alkanes of at least 4 members (excludes halogenated alkanes) is 3. The zero-order chi connectivity index (χ0) is 25.7. The van der Waals surface area contributed by atoms with Crippen LogP contribution in [-0.4, -0.2) is 99.1 Å². The van der Waals surface area contributed by atoms with E-state index in [2.05, 4.69) is 20.8 Å². The smallest absolute Gasteiger partial charge is 0.379 e. The van der Waals surface area contributed by atoms with Crippen molar-refractivity contribution in [1.29, 1.82) is 0 Å². The molecule has 0 radical (unpaired) electrons. The van der Waals surface area contributed by atoms with Crippen molar-refractivity contribution in [3.8, 4) is 0 Å². The molecule has 0 aliphatic heterocycles. The highest BCUT2D eigenvalue weighted by atomic mass is 31.2. The first-order valence-corrected chi connectivity index (χ1v) is 14.6. The summed E-state index contributed by atoms with van der Waals surface area (Å²) in [5.41, 5.74) is 0. The van der Waals surface area contributed by atoms with Gasteiger partial charge in [-0.15, -0.1) is 0 Å². The minimum Gasteiger partial charge on any atom is -0.379 e. The van der Waals surface area contributed by atoms with E-state index in [4.69, 9.17) is 42.0 Å². The van der Waals surface area contributed by atoms with Crippen molar-refractivity contribution in [2.24, 2.45) is 0 Å². The van der Waals surface area contributed by atoms with Crippen LogP contribution in [0.3, 0.4) is 0 Å². The van der Waals surface area contributed by atoms with Gasteiger partial charge in [-0.1, -0.05) is 40.0 Å². The SMILES string of the molecule is CCCCOCCOCCOP(=O)(OCCOCCOCCCC)OCCOCCOCCCC. The van der Waals surface area contributed by atoms with Gasteiger partial charge in [-0.25, -0.2) is 4.57 Å². The van der Waals surface area contributed by atoms with Crippen LogP contribution >= 0.6 is 7.82 Å². The number of ether oxygens (including phenoxy) is 6. The van der Waals surface area contributed by atoms with E-state index in [-0.39, 0.29) is 39.6 Å². The lowest BCUT2D eigenvalue weighted by molar-refractivity contribution is 0.00612. The molecule has 0 aromatic heterocycles. The van der Waals surface area contributed by atoms with E-state index in [0.29, 0.717) is 39.6 Å². The van der Waals surface area contributed by atoms with Crippen LogP contribution in [0.15, 0.2) is 0 Å². The van der Waals surface area contributed by atoms with Crippen LogP contribution in [0.2, 0.25) is 0 Å². The summed E-state index contributed by atoms with van der Waals surface area (Å²) in [5, 5.41) is 0. The second kappa shape index (κ2) is 28.4. The van der Waals surface area contributed by atoms with Crippen molar-refractivity contribution < 1.29 is 46.6 Å². The second-order valence-corrected chi connectivity index (χ2v) is 9.35. The monoisotopic (exact) mass is 530 g/mol. The van der Waals surface area contributed by atoms with E-state index in [1.165, 1.54) is 0 Å². The summed E-state index contributed by atoms with van der Waals surface area (Å²) in [5.74, 6) is 0. The van der Waals surface area contributed by atoms with Crippen LogP contribution in [0.25, 0.3) is 0 Å². The lowest BCUT2D eigenvalue weighted by atomic mass is 10.4. The van der Waals surface area contributed by atoms with Gasteiger partial charge in [0.25, 0.3) is 0 Å². The summed E-state index contributed by atoms with van der Waals surface area (Å²) in [4.78, 5) is 0. The molecule has 0 rings (SSSR count). The molecule has 0 bridgehead atoms. The fourth-order valence-corrected chi connectivity index (χ4v) is 3.56. The second-order valence-electron chi connectivity index (χ2n) is 7.68. The highest BCUT2D eigenvalue weighted by Gasteiger charge is 2.26. The van der Waals surface area contributed by atoms with E-state index in [9.17, 15) is 4.57 Å². The van der Waals surface area contributed by atoms with Crippen LogP contribution in [0.4, 0.5) is 0 Å². The largest absolute Gasteiger partial charge is 0.475 e. The number of phosphoric acid groups is 1. The quantitative estimate of drug-likeness (QED) is 0.0964. The molecule has 10 nitrogen and oxygen atoms in total. The van der Waals surface area contributed by atoms with Gasteiger partial charge in [0.05, 0.1) is 79.3 Å². The van der Waals surface area contributed by atoms with Gasteiger partial charge in [-0.2, -0.15) is 0 Å². The molecule has 212 valence electrons. The number of phosphoric ester groups is 1. The predicted octanol–water partition coefficient (Wildman–Crippen LogP) is 4.64. The molecule has 0 fully saturated rings. The Bertz CT molecular complexity index is 394. The molecular formula is C24H51O10P. The summed E-state index contributed by atoms with van der Waals surface area (Å²) < 4.78 is 61.8. The normalized spacial score (nSPS) is 12.0. The van der Waals surface area contributed by atoms with Crippen molar-refractivity contribution in [1.82, 2.24) is 0 Å². The molecule has 0 aromatic carbocycles. The van der Waals surface area contributed by atoms with Crippen LogP contribution in [0, 0.1) is 0 Å². The van der Waals surface area contributed by atoms with Gasteiger partial charge in [0.15, 0.2) is 0 Å². The Kier molecular flexibility index (Phi) is 28.3. The molecule has 0 unspecified atom stereocenters. The summed E-state index contributed by atoms with van der Waals surface area (Å²) >= 11 is 0. The highest BCUT2D eigenvalue weighted by molar-refractivity contribution is 7.48. The van der Waals surface area contributed by atoms with E-state index >= 15 is 0 Å². The van der Waals surface area contributed by atoms with Gasteiger partial charge in [0.1, 0.15) is 0 Å². The molecule has 0 aliphatic rings. The predicted molar refractivity (Wildman–Crippen MR) is 135 cm³/mol. The van der Waals surface area contributed by atoms with Crippen molar-refractivity contribution in [2.45, 2.75) is 59.3 Å². The molecule has 0 heterocycles. The van der Waals surface area contributed by atoms with Gasteiger partial charge in [0.2, 0.25) is 0 Å².